The molecule has 0 aliphatic carbocycles. The van der Waals surface area contributed by atoms with Crippen LogP contribution in [0.1, 0.15) is 40.2 Å². The van der Waals surface area contributed by atoms with Crippen molar-refractivity contribution in [2.24, 2.45) is 0 Å². The van der Waals surface area contributed by atoms with Gasteiger partial charge in [-0.15, -0.1) is 0 Å². The van der Waals surface area contributed by atoms with Crippen LogP contribution in [0.3, 0.4) is 0 Å². The lowest BCUT2D eigenvalue weighted by molar-refractivity contribution is 0.0171. The third kappa shape index (κ3) is 5.09. The van der Waals surface area contributed by atoms with Gasteiger partial charge in [0.25, 0.3) is 0 Å². The summed E-state index contributed by atoms with van der Waals surface area (Å²) in [6, 6.07) is 5.94. The Labute approximate surface area is 137 Å². The number of carbonyl (C=O) groups excluding carboxylic acids is 1. The third-order valence-electron chi connectivity index (χ3n) is 2.64. The molecule has 0 aliphatic heterocycles. The second-order valence-corrected chi connectivity index (χ2v) is 7.61. The Morgan fingerprint density at radius 3 is 2.15 bits per heavy atom. The molecule has 0 aromatic heterocycles. The van der Waals surface area contributed by atoms with E-state index in [-0.39, 0.29) is 12.1 Å². The molecule has 0 bridgehead atoms. The molecule has 1 amide bonds. The highest BCUT2D eigenvalue weighted by molar-refractivity contribution is 9.11. The van der Waals surface area contributed by atoms with Crippen LogP contribution in [0.5, 0.6) is 0 Å². The van der Waals surface area contributed by atoms with Crippen LogP contribution in [0.4, 0.5) is 4.79 Å². The predicted octanol–water partition coefficient (Wildman–Crippen LogP) is 5.36. The Morgan fingerprint density at radius 2 is 1.75 bits per heavy atom. The van der Waals surface area contributed by atoms with E-state index in [1.54, 1.807) is 4.90 Å². The number of hydrogen-bond donors (Lipinski definition) is 0. The molecule has 0 saturated heterocycles. The van der Waals surface area contributed by atoms with Crippen molar-refractivity contribution < 1.29 is 9.53 Å². The van der Waals surface area contributed by atoms with Crippen molar-refractivity contribution in [2.75, 3.05) is 0 Å². The zero-order chi connectivity index (χ0) is 15.5. The first-order valence-electron chi connectivity index (χ1n) is 6.54. The van der Waals surface area contributed by atoms with Gasteiger partial charge in [-0.1, -0.05) is 37.9 Å². The van der Waals surface area contributed by atoms with Crippen LogP contribution in [0.25, 0.3) is 0 Å². The van der Waals surface area contributed by atoms with Crippen molar-refractivity contribution in [1.29, 1.82) is 0 Å². The summed E-state index contributed by atoms with van der Waals surface area (Å²) in [5, 5.41) is 0. The number of halogens is 2. The van der Waals surface area contributed by atoms with Crippen molar-refractivity contribution in [3.8, 4) is 0 Å². The van der Waals surface area contributed by atoms with Crippen molar-refractivity contribution in [1.82, 2.24) is 4.90 Å². The fourth-order valence-electron chi connectivity index (χ4n) is 1.63. The van der Waals surface area contributed by atoms with Gasteiger partial charge in [-0.3, -0.25) is 0 Å². The van der Waals surface area contributed by atoms with Gasteiger partial charge in [0.05, 0.1) is 6.54 Å². The van der Waals surface area contributed by atoms with Crippen LogP contribution in [0.2, 0.25) is 0 Å². The molecule has 3 nitrogen and oxygen atoms in total. The Kier molecular flexibility index (Phi) is 6.07. The van der Waals surface area contributed by atoms with Crippen LogP contribution in [0, 0.1) is 0 Å². The van der Waals surface area contributed by atoms with Crippen molar-refractivity contribution in [3.05, 3.63) is 32.7 Å². The van der Waals surface area contributed by atoms with E-state index in [0.717, 1.165) is 14.5 Å². The second-order valence-electron chi connectivity index (χ2n) is 5.90. The molecular weight excluding hydrogens is 386 g/mol. The lowest BCUT2D eigenvalue weighted by Gasteiger charge is -2.30. The molecule has 0 unspecified atom stereocenters. The quantitative estimate of drug-likeness (QED) is 0.676. The molecular formula is C15H21Br2NO2. The molecule has 112 valence electrons. The van der Waals surface area contributed by atoms with Gasteiger partial charge >= 0.3 is 6.09 Å². The maximum Gasteiger partial charge on any atom is 0.410 e. The highest BCUT2D eigenvalue weighted by Crippen LogP contribution is 2.27. The molecule has 0 spiro atoms. The summed E-state index contributed by atoms with van der Waals surface area (Å²) in [6.45, 7) is 10.1. The van der Waals surface area contributed by atoms with E-state index in [9.17, 15) is 4.79 Å². The van der Waals surface area contributed by atoms with Gasteiger partial charge in [0.1, 0.15) is 5.60 Å². The zero-order valence-electron chi connectivity index (χ0n) is 12.5. The lowest BCUT2D eigenvalue weighted by Crippen LogP contribution is -2.40. The van der Waals surface area contributed by atoms with E-state index in [1.165, 1.54) is 0 Å². The maximum atomic E-state index is 12.3. The summed E-state index contributed by atoms with van der Waals surface area (Å²) in [5.74, 6) is 0. The standard InChI is InChI=1S/C15H21Br2NO2/c1-10(2)18(14(19)20-15(3,4)5)9-11-12(16)7-6-8-13(11)17/h6-8,10H,9H2,1-5H3. The first-order valence-corrected chi connectivity index (χ1v) is 8.13. The highest BCUT2D eigenvalue weighted by atomic mass is 79.9. The van der Waals surface area contributed by atoms with Crippen LogP contribution in [-0.2, 0) is 11.3 Å². The number of carbonyl (C=O) groups is 1. The minimum absolute atomic E-state index is 0.0591. The molecule has 1 aromatic rings. The van der Waals surface area contributed by atoms with Gasteiger partial charge in [0.15, 0.2) is 0 Å². The number of ether oxygens (including phenoxy) is 1. The second kappa shape index (κ2) is 6.94. The Bertz CT molecular complexity index is 461. The summed E-state index contributed by atoms with van der Waals surface area (Å²) in [5.41, 5.74) is 0.544. The Morgan fingerprint density at radius 1 is 1.25 bits per heavy atom. The topological polar surface area (TPSA) is 29.5 Å². The van der Waals surface area contributed by atoms with Crippen molar-refractivity contribution >= 4 is 38.0 Å². The van der Waals surface area contributed by atoms with Gasteiger partial charge in [-0.2, -0.15) is 0 Å². The average molecular weight is 407 g/mol. The number of amides is 1. The number of benzene rings is 1. The first-order chi connectivity index (χ1) is 9.11. The van der Waals surface area contributed by atoms with Crippen LogP contribution in [-0.4, -0.2) is 22.6 Å². The van der Waals surface area contributed by atoms with Crippen LogP contribution in [0.15, 0.2) is 27.1 Å². The SMILES string of the molecule is CC(C)N(Cc1c(Br)cccc1Br)C(=O)OC(C)(C)C. The number of rotatable bonds is 3. The molecule has 0 heterocycles. The first kappa shape index (κ1) is 17.5. The van der Waals surface area contributed by atoms with Gasteiger partial charge in [0, 0.05) is 20.6 Å². The largest absolute Gasteiger partial charge is 0.444 e. The van der Waals surface area contributed by atoms with Crippen molar-refractivity contribution in [3.63, 3.8) is 0 Å². The number of hydrogen-bond acceptors (Lipinski definition) is 2. The monoisotopic (exact) mass is 405 g/mol. The van der Waals surface area contributed by atoms with Gasteiger partial charge in [0.2, 0.25) is 0 Å². The minimum Gasteiger partial charge on any atom is -0.444 e. The van der Waals surface area contributed by atoms with E-state index in [0.29, 0.717) is 6.54 Å². The Hall–Kier alpha value is -0.550. The molecule has 1 rings (SSSR count). The fraction of sp³-hybridized carbons (Fsp3) is 0.533. The van der Waals surface area contributed by atoms with E-state index < -0.39 is 5.60 Å². The van der Waals surface area contributed by atoms with Gasteiger partial charge in [-0.05, 0) is 46.8 Å². The van der Waals surface area contributed by atoms with E-state index in [4.69, 9.17) is 4.74 Å². The molecule has 0 radical (unpaired) electrons. The van der Waals surface area contributed by atoms with Gasteiger partial charge in [-0.25, -0.2) is 4.79 Å². The normalized spacial score (nSPS) is 11.6. The average Bonchev–Trinajstić information content (AvgIpc) is 2.25. The maximum absolute atomic E-state index is 12.3. The molecule has 20 heavy (non-hydrogen) atoms. The molecule has 0 N–H and O–H groups in total. The van der Waals surface area contributed by atoms with Crippen LogP contribution < -0.4 is 0 Å². The smallest absolute Gasteiger partial charge is 0.410 e. The lowest BCUT2D eigenvalue weighted by atomic mass is 10.2. The van der Waals surface area contributed by atoms with Gasteiger partial charge < -0.3 is 9.64 Å². The summed E-state index contributed by atoms with van der Waals surface area (Å²) in [6.07, 6.45) is -0.296. The Balaban J connectivity index is 2.96. The summed E-state index contributed by atoms with van der Waals surface area (Å²) >= 11 is 7.05. The predicted molar refractivity (Wildman–Crippen MR) is 88.8 cm³/mol. The zero-order valence-corrected chi connectivity index (χ0v) is 15.7. The van der Waals surface area contributed by atoms with E-state index in [1.807, 2.05) is 52.8 Å². The van der Waals surface area contributed by atoms with Crippen LogP contribution >= 0.6 is 31.9 Å². The summed E-state index contributed by atoms with van der Waals surface area (Å²) < 4.78 is 7.42. The van der Waals surface area contributed by atoms with E-state index >= 15 is 0 Å². The summed E-state index contributed by atoms with van der Waals surface area (Å²) in [7, 11) is 0. The minimum atomic E-state index is -0.491. The van der Waals surface area contributed by atoms with Crippen molar-refractivity contribution in [2.45, 2.75) is 52.8 Å². The molecule has 0 atom stereocenters. The molecule has 0 aliphatic rings. The third-order valence-corrected chi connectivity index (χ3v) is 4.13. The fourth-order valence-corrected chi connectivity index (χ4v) is 2.88. The molecule has 5 heteroatoms. The van der Waals surface area contributed by atoms with E-state index in [2.05, 4.69) is 31.9 Å². The number of nitrogens with zero attached hydrogens (tertiary/aromatic N) is 1. The molecule has 0 saturated carbocycles. The molecule has 0 fully saturated rings. The summed E-state index contributed by atoms with van der Waals surface area (Å²) in [4.78, 5) is 14.0. The molecule has 1 aromatic carbocycles. The highest BCUT2D eigenvalue weighted by Gasteiger charge is 2.25.